The highest BCUT2D eigenvalue weighted by atomic mass is 16.5. The lowest BCUT2D eigenvalue weighted by Gasteiger charge is -2.21. The van der Waals surface area contributed by atoms with Crippen LogP contribution < -0.4 is 4.74 Å². The number of β-amino-alcohol motifs (C(OH)–C–C–N with tert-alkyl or cyclic N) is 1. The average molecular weight is 293 g/mol. The number of likely N-dealkylation sites (tertiary alicyclic amines) is 1. The summed E-state index contributed by atoms with van der Waals surface area (Å²) < 4.78 is 5.69. The molecule has 1 aliphatic heterocycles. The Kier molecular flexibility index (Phi) is 5.62. The zero-order valence-electron chi connectivity index (χ0n) is 13.2. The SMILES string of the molecule is Cc1cc(C)cc(OCC(O)CN2CCC(C(C)O)C2)c1. The summed E-state index contributed by atoms with van der Waals surface area (Å²) in [6.07, 6.45) is 0.236. The van der Waals surface area contributed by atoms with Crippen molar-refractivity contribution in [2.45, 2.75) is 39.4 Å². The van der Waals surface area contributed by atoms with Crippen molar-refractivity contribution in [2.75, 3.05) is 26.2 Å². The van der Waals surface area contributed by atoms with Gasteiger partial charge in [0.05, 0.1) is 6.10 Å². The number of hydrogen-bond acceptors (Lipinski definition) is 4. The second-order valence-electron chi connectivity index (χ2n) is 6.34. The Labute approximate surface area is 127 Å². The van der Waals surface area contributed by atoms with Crippen LogP contribution in [0.4, 0.5) is 0 Å². The van der Waals surface area contributed by atoms with E-state index in [9.17, 15) is 10.2 Å². The van der Waals surface area contributed by atoms with Gasteiger partial charge in [0.2, 0.25) is 0 Å². The molecule has 21 heavy (non-hydrogen) atoms. The zero-order chi connectivity index (χ0) is 15.4. The number of ether oxygens (including phenoxy) is 1. The minimum atomic E-state index is -0.501. The number of aliphatic hydroxyl groups excluding tert-OH is 2. The molecule has 0 aromatic heterocycles. The van der Waals surface area contributed by atoms with E-state index in [0.29, 0.717) is 19.1 Å². The van der Waals surface area contributed by atoms with Crippen LogP contribution in [0, 0.1) is 19.8 Å². The standard InChI is InChI=1S/C17H27NO3/c1-12-6-13(2)8-17(7-12)21-11-16(20)10-18-5-4-15(9-18)14(3)19/h6-8,14-16,19-20H,4-5,9-11H2,1-3H3. The number of benzene rings is 1. The fourth-order valence-electron chi connectivity index (χ4n) is 2.98. The van der Waals surface area contributed by atoms with E-state index in [-0.39, 0.29) is 6.10 Å². The van der Waals surface area contributed by atoms with Gasteiger partial charge in [0.1, 0.15) is 18.5 Å². The molecule has 0 amide bonds. The number of aryl methyl sites for hydroxylation is 2. The van der Waals surface area contributed by atoms with Crippen molar-refractivity contribution in [1.82, 2.24) is 4.90 Å². The van der Waals surface area contributed by atoms with Crippen LogP contribution in [0.3, 0.4) is 0 Å². The highest BCUT2D eigenvalue weighted by Gasteiger charge is 2.27. The summed E-state index contributed by atoms with van der Waals surface area (Å²) in [6.45, 7) is 8.63. The van der Waals surface area contributed by atoms with E-state index in [2.05, 4.69) is 11.0 Å². The van der Waals surface area contributed by atoms with E-state index >= 15 is 0 Å². The molecular formula is C17H27NO3. The molecule has 0 saturated carbocycles. The number of hydrogen-bond donors (Lipinski definition) is 2. The molecule has 3 atom stereocenters. The van der Waals surface area contributed by atoms with Crippen molar-refractivity contribution in [1.29, 1.82) is 0 Å². The summed E-state index contributed by atoms with van der Waals surface area (Å²) in [4.78, 5) is 2.20. The van der Waals surface area contributed by atoms with Crippen LogP contribution in [0.5, 0.6) is 5.75 Å². The van der Waals surface area contributed by atoms with E-state index in [1.54, 1.807) is 0 Å². The number of nitrogens with zero attached hydrogens (tertiary/aromatic N) is 1. The van der Waals surface area contributed by atoms with Crippen molar-refractivity contribution in [3.8, 4) is 5.75 Å². The molecule has 1 aromatic rings. The molecular weight excluding hydrogens is 266 g/mol. The van der Waals surface area contributed by atoms with E-state index in [1.165, 1.54) is 11.1 Å². The molecule has 2 N–H and O–H groups in total. The van der Waals surface area contributed by atoms with Gasteiger partial charge >= 0.3 is 0 Å². The maximum absolute atomic E-state index is 10.1. The monoisotopic (exact) mass is 293 g/mol. The molecule has 118 valence electrons. The molecule has 2 rings (SSSR count). The molecule has 1 heterocycles. The highest BCUT2D eigenvalue weighted by molar-refractivity contribution is 5.32. The average Bonchev–Trinajstić information content (AvgIpc) is 2.84. The quantitative estimate of drug-likeness (QED) is 0.839. The van der Waals surface area contributed by atoms with Crippen LogP contribution in [0.2, 0.25) is 0 Å². The third kappa shape index (κ3) is 4.99. The number of rotatable bonds is 6. The smallest absolute Gasteiger partial charge is 0.119 e. The van der Waals surface area contributed by atoms with Gasteiger partial charge in [-0.25, -0.2) is 0 Å². The molecule has 1 aromatic carbocycles. The lowest BCUT2D eigenvalue weighted by molar-refractivity contribution is 0.0696. The molecule has 4 nitrogen and oxygen atoms in total. The fraction of sp³-hybridized carbons (Fsp3) is 0.647. The molecule has 1 fully saturated rings. The van der Waals surface area contributed by atoms with E-state index in [4.69, 9.17) is 4.74 Å². The molecule has 1 saturated heterocycles. The molecule has 0 spiro atoms. The highest BCUT2D eigenvalue weighted by Crippen LogP contribution is 2.20. The molecule has 4 heteroatoms. The summed E-state index contributed by atoms with van der Waals surface area (Å²) in [6, 6.07) is 6.07. The Balaban J connectivity index is 1.76. The first-order valence-electron chi connectivity index (χ1n) is 7.73. The third-order valence-electron chi connectivity index (χ3n) is 4.10. The molecule has 3 unspecified atom stereocenters. The van der Waals surface area contributed by atoms with E-state index in [1.807, 2.05) is 32.9 Å². The van der Waals surface area contributed by atoms with Crippen molar-refractivity contribution >= 4 is 0 Å². The van der Waals surface area contributed by atoms with Crippen molar-refractivity contribution in [3.63, 3.8) is 0 Å². The maximum atomic E-state index is 10.1. The first-order valence-corrected chi connectivity index (χ1v) is 7.73. The predicted octanol–water partition coefficient (Wildman–Crippen LogP) is 1.75. The first kappa shape index (κ1) is 16.3. The van der Waals surface area contributed by atoms with Gasteiger partial charge in [-0.05, 0) is 62.9 Å². The Morgan fingerprint density at radius 1 is 1.24 bits per heavy atom. The summed E-state index contributed by atoms with van der Waals surface area (Å²) in [5.41, 5.74) is 2.33. The maximum Gasteiger partial charge on any atom is 0.119 e. The van der Waals surface area contributed by atoms with Gasteiger partial charge in [-0.2, -0.15) is 0 Å². The van der Waals surface area contributed by atoms with Crippen LogP contribution in [0.1, 0.15) is 24.5 Å². The van der Waals surface area contributed by atoms with Crippen LogP contribution in [0.25, 0.3) is 0 Å². The van der Waals surface area contributed by atoms with E-state index in [0.717, 1.165) is 25.3 Å². The van der Waals surface area contributed by atoms with Gasteiger partial charge in [-0.15, -0.1) is 0 Å². The Hall–Kier alpha value is -1.10. The lowest BCUT2D eigenvalue weighted by atomic mass is 10.0. The van der Waals surface area contributed by atoms with Crippen molar-refractivity contribution in [2.24, 2.45) is 5.92 Å². The van der Waals surface area contributed by atoms with Crippen molar-refractivity contribution < 1.29 is 14.9 Å². The van der Waals surface area contributed by atoms with Crippen LogP contribution in [0.15, 0.2) is 18.2 Å². The second-order valence-corrected chi connectivity index (χ2v) is 6.34. The van der Waals surface area contributed by atoms with Crippen LogP contribution in [-0.2, 0) is 0 Å². The largest absolute Gasteiger partial charge is 0.491 e. The Bertz CT molecular complexity index is 441. The summed E-state index contributed by atoms with van der Waals surface area (Å²) in [5.74, 6) is 1.15. The summed E-state index contributed by atoms with van der Waals surface area (Å²) >= 11 is 0. The fourth-order valence-corrected chi connectivity index (χ4v) is 2.98. The van der Waals surface area contributed by atoms with Gasteiger partial charge in [-0.3, -0.25) is 0 Å². The minimum Gasteiger partial charge on any atom is -0.491 e. The molecule has 0 aliphatic carbocycles. The molecule has 0 radical (unpaired) electrons. The predicted molar refractivity (Wildman–Crippen MR) is 83.6 cm³/mol. The number of aliphatic hydroxyl groups is 2. The van der Waals surface area contributed by atoms with E-state index < -0.39 is 6.10 Å². The Morgan fingerprint density at radius 3 is 2.48 bits per heavy atom. The minimum absolute atomic E-state index is 0.265. The van der Waals surface area contributed by atoms with Gasteiger partial charge in [0, 0.05) is 13.1 Å². The lowest BCUT2D eigenvalue weighted by Crippen LogP contribution is -2.35. The third-order valence-corrected chi connectivity index (χ3v) is 4.10. The molecule has 1 aliphatic rings. The van der Waals surface area contributed by atoms with Gasteiger partial charge in [0.25, 0.3) is 0 Å². The van der Waals surface area contributed by atoms with Gasteiger partial charge in [0.15, 0.2) is 0 Å². The van der Waals surface area contributed by atoms with Gasteiger partial charge < -0.3 is 19.8 Å². The summed E-state index contributed by atoms with van der Waals surface area (Å²) in [7, 11) is 0. The topological polar surface area (TPSA) is 52.9 Å². The molecule has 0 bridgehead atoms. The zero-order valence-corrected chi connectivity index (χ0v) is 13.2. The first-order chi connectivity index (χ1) is 9.94. The second kappa shape index (κ2) is 7.25. The van der Waals surface area contributed by atoms with Gasteiger partial charge in [-0.1, -0.05) is 6.07 Å². The van der Waals surface area contributed by atoms with Crippen molar-refractivity contribution in [3.05, 3.63) is 29.3 Å². The Morgan fingerprint density at radius 2 is 1.90 bits per heavy atom. The van der Waals surface area contributed by atoms with Crippen LogP contribution >= 0.6 is 0 Å². The normalized spacial score (nSPS) is 22.2. The van der Waals surface area contributed by atoms with Crippen LogP contribution in [-0.4, -0.2) is 53.6 Å². The summed E-state index contributed by atoms with van der Waals surface area (Å²) in [5, 5.41) is 19.7.